The maximum Gasteiger partial charge on any atom is 0.169 e. The van der Waals surface area contributed by atoms with Gasteiger partial charge in [-0.1, -0.05) is 37.3 Å². The van der Waals surface area contributed by atoms with E-state index in [0.717, 1.165) is 15.2 Å². The molecular weight excluding hydrogens is 280 g/mol. The first-order chi connectivity index (χ1) is 8.22. The van der Waals surface area contributed by atoms with Gasteiger partial charge in [-0.15, -0.1) is 0 Å². The van der Waals surface area contributed by atoms with Crippen LogP contribution in [0.4, 0.5) is 0 Å². The van der Waals surface area contributed by atoms with Crippen LogP contribution in [0.3, 0.4) is 0 Å². The number of fused-ring (bicyclic) bond motifs is 1. The van der Waals surface area contributed by atoms with E-state index in [1.165, 1.54) is 0 Å². The van der Waals surface area contributed by atoms with Crippen LogP contribution in [0.25, 0.3) is 10.8 Å². The monoisotopic (exact) mass is 292 g/mol. The van der Waals surface area contributed by atoms with Crippen molar-refractivity contribution in [3.8, 4) is 5.75 Å². The van der Waals surface area contributed by atoms with Crippen LogP contribution in [-0.4, -0.2) is 12.4 Å². The lowest BCUT2D eigenvalue weighted by molar-refractivity contribution is -0.120. The van der Waals surface area contributed by atoms with Gasteiger partial charge in [0.15, 0.2) is 5.78 Å². The number of benzene rings is 2. The Morgan fingerprint density at radius 3 is 2.76 bits per heavy atom. The number of hydrogen-bond acceptors (Lipinski definition) is 2. The van der Waals surface area contributed by atoms with Gasteiger partial charge in [0.25, 0.3) is 0 Å². The quantitative estimate of drug-likeness (QED) is 0.853. The second kappa shape index (κ2) is 5.32. The summed E-state index contributed by atoms with van der Waals surface area (Å²) in [7, 11) is 0. The van der Waals surface area contributed by atoms with Crippen LogP contribution in [0.15, 0.2) is 40.9 Å². The van der Waals surface area contributed by atoms with Crippen molar-refractivity contribution in [3.05, 3.63) is 40.9 Å². The summed E-state index contributed by atoms with van der Waals surface area (Å²) in [4.78, 5) is 11.2. The number of ketones is 1. The molecule has 2 aromatic carbocycles. The van der Waals surface area contributed by atoms with Gasteiger partial charge in [-0.25, -0.2) is 0 Å². The Labute approximate surface area is 109 Å². The molecule has 17 heavy (non-hydrogen) atoms. The molecule has 2 aromatic rings. The van der Waals surface area contributed by atoms with E-state index in [1.54, 1.807) is 0 Å². The lowest BCUT2D eigenvalue weighted by Gasteiger charge is -2.09. The van der Waals surface area contributed by atoms with Gasteiger partial charge >= 0.3 is 0 Å². The highest BCUT2D eigenvalue weighted by atomic mass is 79.9. The molecule has 0 N–H and O–H groups in total. The summed E-state index contributed by atoms with van der Waals surface area (Å²) in [6.07, 6.45) is 0.505. The van der Waals surface area contributed by atoms with Crippen molar-refractivity contribution in [2.24, 2.45) is 0 Å². The normalized spacial score (nSPS) is 10.5. The summed E-state index contributed by atoms with van der Waals surface area (Å²) in [6.45, 7) is 1.97. The fourth-order valence-corrected chi connectivity index (χ4v) is 2.19. The highest BCUT2D eigenvalue weighted by Crippen LogP contribution is 2.32. The molecule has 0 unspecified atom stereocenters. The third-order valence-electron chi connectivity index (χ3n) is 2.61. The predicted molar refractivity (Wildman–Crippen MR) is 72.4 cm³/mol. The molecule has 0 aromatic heterocycles. The number of Topliss-reactive ketones (excluding diaryl/α,β-unsaturated/α-hetero) is 1. The third kappa shape index (κ3) is 2.67. The van der Waals surface area contributed by atoms with Gasteiger partial charge in [-0.05, 0) is 32.8 Å². The van der Waals surface area contributed by atoms with Gasteiger partial charge in [0, 0.05) is 6.42 Å². The SMILES string of the molecule is CCC(=O)COc1ccc2ccccc2c1Br. The lowest BCUT2D eigenvalue weighted by atomic mass is 10.1. The minimum atomic E-state index is 0.102. The van der Waals surface area contributed by atoms with Gasteiger partial charge in [0.05, 0.1) is 4.47 Å². The Balaban J connectivity index is 2.29. The van der Waals surface area contributed by atoms with Gasteiger partial charge in [-0.3, -0.25) is 4.79 Å². The Bertz CT molecular complexity index is 549. The molecule has 0 radical (unpaired) electrons. The van der Waals surface area contributed by atoms with E-state index in [2.05, 4.69) is 15.9 Å². The number of ether oxygens (including phenoxy) is 1. The number of carbonyl (C=O) groups excluding carboxylic acids is 1. The topological polar surface area (TPSA) is 26.3 Å². The molecule has 0 saturated carbocycles. The zero-order chi connectivity index (χ0) is 12.3. The van der Waals surface area contributed by atoms with Crippen molar-refractivity contribution in [1.29, 1.82) is 0 Å². The predicted octanol–water partition coefficient (Wildman–Crippen LogP) is 3.96. The van der Waals surface area contributed by atoms with Gasteiger partial charge in [-0.2, -0.15) is 0 Å². The summed E-state index contributed by atoms with van der Waals surface area (Å²) >= 11 is 3.52. The number of carbonyl (C=O) groups is 1. The third-order valence-corrected chi connectivity index (χ3v) is 3.43. The smallest absolute Gasteiger partial charge is 0.169 e. The van der Waals surface area contributed by atoms with Gasteiger partial charge < -0.3 is 4.74 Å². The highest BCUT2D eigenvalue weighted by molar-refractivity contribution is 9.10. The summed E-state index contributed by atoms with van der Waals surface area (Å²) < 4.78 is 6.40. The minimum absolute atomic E-state index is 0.102. The van der Waals surface area contributed by atoms with Crippen molar-refractivity contribution in [2.75, 3.05) is 6.61 Å². The van der Waals surface area contributed by atoms with Crippen molar-refractivity contribution in [3.63, 3.8) is 0 Å². The summed E-state index contributed by atoms with van der Waals surface area (Å²) in [5, 5.41) is 2.24. The van der Waals surface area contributed by atoms with Crippen LogP contribution in [0.5, 0.6) is 5.75 Å². The van der Waals surface area contributed by atoms with E-state index in [4.69, 9.17) is 4.74 Å². The molecule has 0 fully saturated rings. The Hall–Kier alpha value is -1.35. The first-order valence-electron chi connectivity index (χ1n) is 5.54. The molecule has 0 bridgehead atoms. The maximum atomic E-state index is 11.2. The Kier molecular flexibility index (Phi) is 3.79. The first-order valence-corrected chi connectivity index (χ1v) is 6.33. The van der Waals surface area contributed by atoms with E-state index in [1.807, 2.05) is 43.3 Å². The maximum absolute atomic E-state index is 11.2. The van der Waals surface area contributed by atoms with E-state index < -0.39 is 0 Å². The molecule has 2 nitrogen and oxygen atoms in total. The molecule has 0 atom stereocenters. The lowest BCUT2D eigenvalue weighted by Crippen LogP contribution is -2.09. The van der Waals surface area contributed by atoms with Gasteiger partial charge in [0.2, 0.25) is 0 Å². The summed E-state index contributed by atoms with van der Waals surface area (Å²) in [5.41, 5.74) is 0. The summed E-state index contributed by atoms with van der Waals surface area (Å²) in [6, 6.07) is 11.9. The molecule has 0 saturated heterocycles. The van der Waals surface area contributed by atoms with Crippen molar-refractivity contribution in [2.45, 2.75) is 13.3 Å². The molecule has 0 aliphatic carbocycles. The van der Waals surface area contributed by atoms with Crippen LogP contribution in [-0.2, 0) is 4.79 Å². The van der Waals surface area contributed by atoms with Crippen LogP contribution in [0.2, 0.25) is 0 Å². The van der Waals surface area contributed by atoms with Crippen molar-refractivity contribution < 1.29 is 9.53 Å². The standard InChI is InChI=1S/C14H13BrO2/c1-2-11(16)9-17-13-8-7-10-5-3-4-6-12(10)14(13)15/h3-8H,2,9H2,1H3. The molecule has 0 spiro atoms. The van der Waals surface area contributed by atoms with Crippen LogP contribution in [0, 0.1) is 0 Å². The number of hydrogen-bond donors (Lipinski definition) is 0. The minimum Gasteiger partial charge on any atom is -0.485 e. The van der Waals surface area contributed by atoms with Crippen LogP contribution in [0.1, 0.15) is 13.3 Å². The number of halogens is 1. The molecule has 0 aliphatic rings. The van der Waals surface area contributed by atoms with Gasteiger partial charge in [0.1, 0.15) is 12.4 Å². The molecule has 0 aliphatic heterocycles. The first kappa shape index (κ1) is 12.1. The Morgan fingerprint density at radius 2 is 2.00 bits per heavy atom. The van der Waals surface area contributed by atoms with Crippen LogP contribution >= 0.6 is 15.9 Å². The fourth-order valence-electron chi connectivity index (χ4n) is 1.59. The van der Waals surface area contributed by atoms with E-state index in [9.17, 15) is 4.79 Å². The fraction of sp³-hybridized carbons (Fsp3) is 0.214. The zero-order valence-corrected chi connectivity index (χ0v) is 11.2. The molecule has 2 rings (SSSR count). The molecule has 0 amide bonds. The average Bonchev–Trinajstić information content (AvgIpc) is 2.38. The second-order valence-corrected chi connectivity index (χ2v) is 4.57. The second-order valence-electron chi connectivity index (χ2n) is 3.78. The van der Waals surface area contributed by atoms with Crippen molar-refractivity contribution >= 4 is 32.5 Å². The molecule has 0 heterocycles. The average molecular weight is 293 g/mol. The zero-order valence-electron chi connectivity index (χ0n) is 9.57. The Morgan fingerprint density at radius 1 is 1.24 bits per heavy atom. The number of rotatable bonds is 4. The van der Waals surface area contributed by atoms with E-state index in [-0.39, 0.29) is 12.4 Å². The van der Waals surface area contributed by atoms with Crippen LogP contribution < -0.4 is 4.74 Å². The molecular formula is C14H13BrO2. The van der Waals surface area contributed by atoms with E-state index >= 15 is 0 Å². The van der Waals surface area contributed by atoms with E-state index in [0.29, 0.717) is 12.2 Å². The molecule has 3 heteroatoms. The summed E-state index contributed by atoms with van der Waals surface area (Å²) in [5.74, 6) is 0.815. The largest absolute Gasteiger partial charge is 0.485 e. The molecule has 88 valence electrons. The highest BCUT2D eigenvalue weighted by Gasteiger charge is 2.07. The van der Waals surface area contributed by atoms with Crippen molar-refractivity contribution in [1.82, 2.24) is 0 Å².